The maximum Gasteiger partial charge on any atom is 0.134 e. The molecule has 3 nitrogen and oxygen atoms in total. The minimum Gasteiger partial charge on any atom is -0.464 e. The van der Waals surface area contributed by atoms with Crippen LogP contribution in [0.1, 0.15) is 36.7 Å². The summed E-state index contributed by atoms with van der Waals surface area (Å²) in [6.07, 6.45) is 1.01. The van der Waals surface area contributed by atoms with Crippen molar-refractivity contribution in [1.82, 2.24) is 5.32 Å². The smallest absolute Gasteiger partial charge is 0.134 e. The molecule has 21 heavy (non-hydrogen) atoms. The van der Waals surface area contributed by atoms with Crippen molar-refractivity contribution < 1.29 is 13.2 Å². The zero-order chi connectivity index (χ0) is 14.8. The molecule has 0 bridgehead atoms. The van der Waals surface area contributed by atoms with Crippen LogP contribution in [0.5, 0.6) is 0 Å². The first-order valence-corrected chi connectivity index (χ1v) is 7.16. The van der Waals surface area contributed by atoms with Crippen molar-refractivity contribution in [2.75, 3.05) is 6.54 Å². The van der Waals surface area contributed by atoms with Gasteiger partial charge in [-0.15, -0.1) is 0 Å². The molecule has 3 rings (SSSR count). The highest BCUT2D eigenvalue weighted by Crippen LogP contribution is 2.29. The SMILES string of the molecule is CCCNC(c1ccc(C)o1)c1cc2cc(F)ccc2o1. The van der Waals surface area contributed by atoms with Gasteiger partial charge in [-0.05, 0) is 56.3 Å². The lowest BCUT2D eigenvalue weighted by Crippen LogP contribution is -2.22. The van der Waals surface area contributed by atoms with Crippen molar-refractivity contribution in [3.05, 3.63) is 59.5 Å². The standard InChI is InChI=1S/C17H18FNO2/c1-3-8-19-17(15-6-4-11(2)20-15)16-10-12-9-13(18)5-7-14(12)21-16/h4-7,9-10,17,19H,3,8H2,1-2H3. The fourth-order valence-corrected chi connectivity index (χ4v) is 2.42. The van der Waals surface area contributed by atoms with E-state index in [1.54, 1.807) is 6.07 Å². The minimum atomic E-state index is -0.262. The summed E-state index contributed by atoms with van der Waals surface area (Å²) in [7, 11) is 0. The molecule has 4 heteroatoms. The Morgan fingerprint density at radius 3 is 2.67 bits per heavy atom. The summed E-state index contributed by atoms with van der Waals surface area (Å²) in [6.45, 7) is 4.86. The van der Waals surface area contributed by atoms with Gasteiger partial charge in [0.15, 0.2) is 0 Å². The van der Waals surface area contributed by atoms with Crippen molar-refractivity contribution >= 4 is 11.0 Å². The van der Waals surface area contributed by atoms with Crippen LogP contribution in [-0.4, -0.2) is 6.54 Å². The van der Waals surface area contributed by atoms with E-state index in [4.69, 9.17) is 8.83 Å². The van der Waals surface area contributed by atoms with Gasteiger partial charge in [0, 0.05) is 5.39 Å². The zero-order valence-corrected chi connectivity index (χ0v) is 12.2. The molecule has 0 spiro atoms. The molecule has 1 atom stereocenters. The Balaban J connectivity index is 2.00. The number of benzene rings is 1. The van der Waals surface area contributed by atoms with Crippen LogP contribution in [0.25, 0.3) is 11.0 Å². The van der Waals surface area contributed by atoms with Gasteiger partial charge in [-0.2, -0.15) is 0 Å². The van der Waals surface area contributed by atoms with Gasteiger partial charge >= 0.3 is 0 Å². The number of halogens is 1. The van der Waals surface area contributed by atoms with Gasteiger partial charge in [0.1, 0.15) is 34.7 Å². The van der Waals surface area contributed by atoms with Gasteiger partial charge in [0.25, 0.3) is 0 Å². The first-order chi connectivity index (χ1) is 10.2. The second-order valence-electron chi connectivity index (χ2n) is 5.17. The van der Waals surface area contributed by atoms with Crippen LogP contribution in [0, 0.1) is 12.7 Å². The van der Waals surface area contributed by atoms with E-state index in [-0.39, 0.29) is 11.9 Å². The Morgan fingerprint density at radius 2 is 1.95 bits per heavy atom. The van der Waals surface area contributed by atoms with Crippen LogP contribution in [0.3, 0.4) is 0 Å². The number of furan rings is 2. The number of hydrogen-bond donors (Lipinski definition) is 1. The lowest BCUT2D eigenvalue weighted by atomic mass is 10.1. The zero-order valence-electron chi connectivity index (χ0n) is 12.2. The molecule has 0 fully saturated rings. The van der Waals surface area contributed by atoms with Crippen LogP contribution in [0.2, 0.25) is 0 Å². The molecular formula is C17H18FNO2. The largest absolute Gasteiger partial charge is 0.464 e. The average Bonchev–Trinajstić information content (AvgIpc) is 3.05. The van der Waals surface area contributed by atoms with Gasteiger partial charge in [-0.25, -0.2) is 4.39 Å². The first kappa shape index (κ1) is 13.9. The van der Waals surface area contributed by atoms with E-state index in [1.807, 2.05) is 25.1 Å². The van der Waals surface area contributed by atoms with Gasteiger partial charge in [-0.1, -0.05) is 6.92 Å². The number of hydrogen-bond acceptors (Lipinski definition) is 3. The third-order valence-corrected chi connectivity index (χ3v) is 3.43. The quantitative estimate of drug-likeness (QED) is 0.747. The predicted molar refractivity (Wildman–Crippen MR) is 79.8 cm³/mol. The maximum absolute atomic E-state index is 13.3. The second kappa shape index (κ2) is 5.74. The molecule has 0 aliphatic rings. The molecule has 1 N–H and O–H groups in total. The summed E-state index contributed by atoms with van der Waals surface area (Å²) in [5.74, 6) is 2.14. The molecule has 0 aliphatic carbocycles. The van der Waals surface area contributed by atoms with Crippen molar-refractivity contribution in [2.24, 2.45) is 0 Å². The van der Waals surface area contributed by atoms with E-state index in [2.05, 4.69) is 12.2 Å². The molecule has 1 unspecified atom stereocenters. The Kier molecular flexibility index (Phi) is 3.80. The molecule has 0 saturated carbocycles. The van der Waals surface area contributed by atoms with Crippen molar-refractivity contribution in [1.29, 1.82) is 0 Å². The van der Waals surface area contributed by atoms with Crippen LogP contribution in [0.4, 0.5) is 4.39 Å². The highest BCUT2D eigenvalue weighted by atomic mass is 19.1. The Labute approximate surface area is 122 Å². The molecule has 0 saturated heterocycles. The molecule has 0 amide bonds. The van der Waals surface area contributed by atoms with E-state index in [9.17, 15) is 4.39 Å². The van der Waals surface area contributed by atoms with Crippen molar-refractivity contribution in [3.8, 4) is 0 Å². The molecule has 2 heterocycles. The second-order valence-corrected chi connectivity index (χ2v) is 5.17. The normalized spacial score (nSPS) is 12.9. The predicted octanol–water partition coefficient (Wildman–Crippen LogP) is 4.56. The van der Waals surface area contributed by atoms with E-state index >= 15 is 0 Å². The highest BCUT2D eigenvalue weighted by molar-refractivity contribution is 5.78. The van der Waals surface area contributed by atoms with E-state index in [1.165, 1.54) is 12.1 Å². The van der Waals surface area contributed by atoms with Gasteiger partial charge < -0.3 is 14.2 Å². The van der Waals surface area contributed by atoms with Crippen LogP contribution in [-0.2, 0) is 0 Å². The summed E-state index contributed by atoms with van der Waals surface area (Å²) in [5, 5.41) is 4.17. The fourth-order valence-electron chi connectivity index (χ4n) is 2.42. The molecule has 1 aromatic carbocycles. The third-order valence-electron chi connectivity index (χ3n) is 3.43. The summed E-state index contributed by atoms with van der Waals surface area (Å²) in [6, 6.07) is 10.1. The number of nitrogens with one attached hydrogen (secondary N) is 1. The minimum absolute atomic E-state index is 0.158. The van der Waals surface area contributed by atoms with Crippen molar-refractivity contribution in [3.63, 3.8) is 0 Å². The molecule has 110 valence electrons. The summed E-state index contributed by atoms with van der Waals surface area (Å²) < 4.78 is 24.9. The molecular weight excluding hydrogens is 269 g/mol. The Hall–Kier alpha value is -2.07. The average molecular weight is 287 g/mol. The summed E-state index contributed by atoms with van der Waals surface area (Å²) in [5.41, 5.74) is 0.679. The Bertz CT molecular complexity index is 744. The summed E-state index contributed by atoms with van der Waals surface area (Å²) >= 11 is 0. The van der Waals surface area contributed by atoms with Crippen molar-refractivity contribution in [2.45, 2.75) is 26.3 Å². The highest BCUT2D eigenvalue weighted by Gasteiger charge is 2.21. The molecule has 0 aliphatic heterocycles. The Morgan fingerprint density at radius 1 is 1.10 bits per heavy atom. The van der Waals surface area contributed by atoms with E-state index in [0.29, 0.717) is 5.58 Å². The third kappa shape index (κ3) is 2.85. The number of fused-ring (bicyclic) bond motifs is 1. The van der Waals surface area contributed by atoms with Gasteiger partial charge in [-0.3, -0.25) is 0 Å². The molecule has 0 radical (unpaired) electrons. The summed E-state index contributed by atoms with van der Waals surface area (Å²) in [4.78, 5) is 0. The first-order valence-electron chi connectivity index (χ1n) is 7.16. The monoisotopic (exact) mass is 287 g/mol. The molecule has 3 aromatic rings. The topological polar surface area (TPSA) is 38.3 Å². The van der Waals surface area contributed by atoms with Crippen LogP contribution in [0.15, 0.2) is 45.2 Å². The van der Waals surface area contributed by atoms with Gasteiger partial charge in [0.05, 0.1) is 0 Å². The van der Waals surface area contributed by atoms with E-state index < -0.39 is 0 Å². The lowest BCUT2D eigenvalue weighted by molar-refractivity contribution is 0.390. The van der Waals surface area contributed by atoms with Crippen LogP contribution >= 0.6 is 0 Å². The maximum atomic E-state index is 13.3. The van der Waals surface area contributed by atoms with E-state index in [0.717, 1.165) is 35.6 Å². The van der Waals surface area contributed by atoms with Crippen LogP contribution < -0.4 is 5.32 Å². The van der Waals surface area contributed by atoms with Gasteiger partial charge in [0.2, 0.25) is 0 Å². The fraction of sp³-hybridized carbons (Fsp3) is 0.294. The lowest BCUT2D eigenvalue weighted by Gasteiger charge is -2.13. The number of rotatable bonds is 5. The molecule has 2 aromatic heterocycles. The number of aryl methyl sites for hydroxylation is 1.